The van der Waals surface area contributed by atoms with Crippen molar-refractivity contribution in [1.82, 2.24) is 4.98 Å². The zero-order valence-corrected chi connectivity index (χ0v) is 9.16. The molecule has 0 bridgehead atoms. The third-order valence-corrected chi connectivity index (χ3v) is 3.12. The average molecular weight is 218 g/mol. The molecule has 0 aliphatic carbocycles. The number of hydrogen-bond donors (Lipinski definition) is 0. The first-order valence-corrected chi connectivity index (χ1v) is 5.59. The highest BCUT2D eigenvalue weighted by Crippen LogP contribution is 2.27. The molecule has 2 aromatic rings. The van der Waals surface area contributed by atoms with Gasteiger partial charge >= 0.3 is 0 Å². The summed E-state index contributed by atoms with van der Waals surface area (Å²) in [5.41, 5.74) is 9.96. The van der Waals surface area contributed by atoms with Crippen LogP contribution in [-0.4, -0.2) is 4.98 Å². The van der Waals surface area contributed by atoms with Gasteiger partial charge in [-0.05, 0) is 30.5 Å². The molecule has 0 fully saturated rings. The van der Waals surface area contributed by atoms with Gasteiger partial charge in [-0.15, -0.1) is 11.3 Å². The number of aryl methyl sites for hydroxylation is 1. The first-order valence-electron chi connectivity index (χ1n) is 4.78. The molecule has 76 valence electrons. The van der Waals surface area contributed by atoms with Gasteiger partial charge in [-0.1, -0.05) is 18.1 Å². The standard InChI is InChI=1S/C10H10N4S/c1-2-3-10-12-8-5-4-7(13-14-11)6-9(8)15-10/h4-6H,2-3H2,1H3. The van der Waals surface area contributed by atoms with E-state index < -0.39 is 0 Å². The molecule has 0 unspecified atom stereocenters. The second-order valence-electron chi connectivity index (χ2n) is 3.20. The lowest BCUT2D eigenvalue weighted by molar-refractivity contribution is 0.913. The number of hydrogen-bond acceptors (Lipinski definition) is 3. The molecule has 15 heavy (non-hydrogen) atoms. The summed E-state index contributed by atoms with van der Waals surface area (Å²) in [5.74, 6) is 0. The third kappa shape index (κ3) is 2.09. The van der Waals surface area contributed by atoms with Crippen LogP contribution in [0, 0.1) is 0 Å². The van der Waals surface area contributed by atoms with E-state index in [4.69, 9.17) is 5.53 Å². The van der Waals surface area contributed by atoms with Crippen LogP contribution in [0.4, 0.5) is 5.69 Å². The van der Waals surface area contributed by atoms with Crippen LogP contribution in [0.1, 0.15) is 18.4 Å². The van der Waals surface area contributed by atoms with E-state index in [9.17, 15) is 0 Å². The van der Waals surface area contributed by atoms with Crippen molar-refractivity contribution in [2.45, 2.75) is 19.8 Å². The Hall–Kier alpha value is -1.58. The maximum absolute atomic E-state index is 8.33. The van der Waals surface area contributed by atoms with Gasteiger partial charge in [0.2, 0.25) is 0 Å². The molecule has 0 atom stereocenters. The topological polar surface area (TPSA) is 61.7 Å². The second kappa shape index (κ2) is 4.29. The van der Waals surface area contributed by atoms with Gasteiger partial charge in [-0.3, -0.25) is 0 Å². The number of benzene rings is 1. The van der Waals surface area contributed by atoms with Gasteiger partial charge in [-0.25, -0.2) is 4.98 Å². The minimum Gasteiger partial charge on any atom is -0.241 e. The summed E-state index contributed by atoms with van der Waals surface area (Å²) < 4.78 is 1.09. The lowest BCUT2D eigenvalue weighted by Gasteiger charge is -1.89. The van der Waals surface area contributed by atoms with Gasteiger partial charge in [0.05, 0.1) is 15.2 Å². The van der Waals surface area contributed by atoms with Gasteiger partial charge in [0.25, 0.3) is 0 Å². The minimum absolute atomic E-state index is 0.650. The third-order valence-electron chi connectivity index (χ3n) is 2.04. The largest absolute Gasteiger partial charge is 0.241 e. The van der Waals surface area contributed by atoms with Gasteiger partial charge in [0, 0.05) is 10.6 Å². The molecule has 1 aromatic heterocycles. The van der Waals surface area contributed by atoms with Crippen LogP contribution in [0.3, 0.4) is 0 Å². The number of rotatable bonds is 3. The molecule has 2 rings (SSSR count). The maximum atomic E-state index is 8.33. The van der Waals surface area contributed by atoms with Gasteiger partial charge in [0.1, 0.15) is 0 Å². The normalized spacial score (nSPS) is 10.2. The summed E-state index contributed by atoms with van der Waals surface area (Å²) in [6, 6.07) is 5.57. The quantitative estimate of drug-likeness (QED) is 0.433. The van der Waals surface area contributed by atoms with Crippen molar-refractivity contribution >= 4 is 27.2 Å². The molecule has 5 heteroatoms. The van der Waals surface area contributed by atoms with Crippen LogP contribution in [0.15, 0.2) is 23.3 Å². The highest BCUT2D eigenvalue weighted by Gasteiger charge is 2.02. The predicted molar refractivity (Wildman–Crippen MR) is 62.4 cm³/mol. The maximum Gasteiger partial charge on any atom is 0.0938 e. The molecule has 1 aromatic carbocycles. The van der Waals surface area contributed by atoms with E-state index >= 15 is 0 Å². The van der Waals surface area contributed by atoms with Crippen molar-refractivity contribution in [2.24, 2.45) is 5.11 Å². The number of nitrogens with zero attached hydrogens (tertiary/aromatic N) is 4. The first-order chi connectivity index (χ1) is 7.33. The Morgan fingerprint density at radius 1 is 1.53 bits per heavy atom. The zero-order valence-electron chi connectivity index (χ0n) is 8.34. The van der Waals surface area contributed by atoms with E-state index in [2.05, 4.69) is 21.9 Å². The summed E-state index contributed by atoms with van der Waals surface area (Å²) in [5, 5.41) is 4.72. The lowest BCUT2D eigenvalue weighted by Crippen LogP contribution is -1.78. The van der Waals surface area contributed by atoms with Crippen LogP contribution >= 0.6 is 11.3 Å². The Bertz CT molecular complexity index is 525. The van der Waals surface area contributed by atoms with E-state index in [1.54, 1.807) is 17.4 Å². The molecule has 0 amide bonds. The highest BCUT2D eigenvalue weighted by atomic mass is 32.1. The van der Waals surface area contributed by atoms with Crippen LogP contribution < -0.4 is 0 Å². The lowest BCUT2D eigenvalue weighted by atomic mass is 10.3. The minimum atomic E-state index is 0.650. The number of aromatic nitrogens is 1. The van der Waals surface area contributed by atoms with Gasteiger partial charge in [0.15, 0.2) is 0 Å². The Morgan fingerprint density at radius 3 is 3.13 bits per heavy atom. The summed E-state index contributed by atoms with van der Waals surface area (Å²) in [6.45, 7) is 2.14. The molecule has 0 spiro atoms. The summed E-state index contributed by atoms with van der Waals surface area (Å²) in [6.07, 6.45) is 2.11. The molecular formula is C10H10N4S. The molecular weight excluding hydrogens is 208 g/mol. The highest BCUT2D eigenvalue weighted by molar-refractivity contribution is 7.18. The molecule has 0 aliphatic rings. The van der Waals surface area contributed by atoms with E-state index in [0.29, 0.717) is 5.69 Å². The van der Waals surface area contributed by atoms with Crippen molar-refractivity contribution in [1.29, 1.82) is 0 Å². The molecule has 1 heterocycles. The Morgan fingerprint density at radius 2 is 2.40 bits per heavy atom. The van der Waals surface area contributed by atoms with E-state index in [1.807, 2.05) is 12.1 Å². The fourth-order valence-corrected chi connectivity index (χ4v) is 2.50. The summed E-state index contributed by atoms with van der Waals surface area (Å²) in [4.78, 5) is 7.25. The monoisotopic (exact) mass is 218 g/mol. The van der Waals surface area contributed by atoms with E-state index in [1.165, 1.54) is 0 Å². The van der Waals surface area contributed by atoms with E-state index in [0.717, 1.165) is 28.1 Å². The van der Waals surface area contributed by atoms with Crippen molar-refractivity contribution in [3.63, 3.8) is 0 Å². The number of azide groups is 1. The van der Waals surface area contributed by atoms with E-state index in [-0.39, 0.29) is 0 Å². The van der Waals surface area contributed by atoms with Crippen molar-refractivity contribution in [2.75, 3.05) is 0 Å². The number of thiazole rings is 1. The Labute approximate surface area is 91.2 Å². The smallest absolute Gasteiger partial charge is 0.0938 e. The second-order valence-corrected chi connectivity index (χ2v) is 4.31. The fourth-order valence-electron chi connectivity index (χ4n) is 1.40. The van der Waals surface area contributed by atoms with Gasteiger partial charge in [-0.2, -0.15) is 0 Å². The fraction of sp³-hybridized carbons (Fsp3) is 0.300. The molecule has 0 aliphatic heterocycles. The molecule has 0 radical (unpaired) electrons. The van der Waals surface area contributed by atoms with Crippen molar-refractivity contribution < 1.29 is 0 Å². The Kier molecular flexibility index (Phi) is 2.85. The molecule has 4 nitrogen and oxygen atoms in total. The first kappa shape index (κ1) is 9.96. The van der Waals surface area contributed by atoms with Crippen molar-refractivity contribution in [3.05, 3.63) is 33.6 Å². The van der Waals surface area contributed by atoms with Crippen molar-refractivity contribution in [3.8, 4) is 0 Å². The molecule has 0 N–H and O–H groups in total. The molecule has 0 saturated carbocycles. The SMILES string of the molecule is CCCc1nc2ccc(N=[N+]=[N-])cc2s1. The Balaban J connectivity index is 2.47. The number of fused-ring (bicyclic) bond motifs is 1. The summed E-state index contributed by atoms with van der Waals surface area (Å²) >= 11 is 1.67. The predicted octanol–water partition coefficient (Wildman–Crippen LogP) is 4.19. The zero-order chi connectivity index (χ0) is 10.7. The van der Waals surface area contributed by atoms with Crippen LogP contribution in [0.2, 0.25) is 0 Å². The van der Waals surface area contributed by atoms with Crippen LogP contribution in [-0.2, 0) is 6.42 Å². The average Bonchev–Trinajstić information content (AvgIpc) is 2.60. The van der Waals surface area contributed by atoms with Crippen LogP contribution in [0.25, 0.3) is 20.7 Å². The van der Waals surface area contributed by atoms with Gasteiger partial charge < -0.3 is 0 Å². The summed E-state index contributed by atoms with van der Waals surface area (Å²) in [7, 11) is 0. The van der Waals surface area contributed by atoms with Crippen LogP contribution in [0.5, 0.6) is 0 Å². The molecule has 0 saturated heterocycles.